The monoisotopic (exact) mass is 318 g/mol. The van der Waals surface area contributed by atoms with Crippen LogP contribution in [0.5, 0.6) is 0 Å². The Morgan fingerprint density at radius 3 is 2.46 bits per heavy atom. The van der Waals surface area contributed by atoms with Crippen LogP contribution < -0.4 is 5.73 Å². The highest BCUT2D eigenvalue weighted by Gasteiger charge is 2.32. The lowest BCUT2D eigenvalue weighted by Gasteiger charge is -2.24. The topological polar surface area (TPSA) is 72.5 Å². The van der Waals surface area contributed by atoms with Gasteiger partial charge in [0.25, 0.3) is 0 Å². The van der Waals surface area contributed by atoms with E-state index in [4.69, 9.17) is 5.73 Å². The first-order valence-electron chi connectivity index (χ1n) is 3.96. The van der Waals surface area contributed by atoms with Crippen molar-refractivity contribution < 1.29 is 8.42 Å². The highest BCUT2D eigenvalue weighted by atomic mass is 127. The van der Waals surface area contributed by atoms with Gasteiger partial charge in [-0.1, -0.05) is 0 Å². The lowest BCUT2D eigenvalue weighted by molar-refractivity contribution is 0.503. The molecule has 1 heterocycles. The van der Waals surface area contributed by atoms with Gasteiger partial charge in [-0.25, -0.2) is 8.42 Å². The van der Waals surface area contributed by atoms with E-state index >= 15 is 0 Å². The van der Waals surface area contributed by atoms with Crippen molar-refractivity contribution in [3.8, 4) is 0 Å². The Bertz CT molecular complexity index is 271. The summed E-state index contributed by atoms with van der Waals surface area (Å²) in [4.78, 5) is 3.99. The number of halogens is 1. The lowest BCUT2D eigenvalue weighted by atomic mass is 10.1. The van der Waals surface area contributed by atoms with E-state index in [1.807, 2.05) is 0 Å². The second-order valence-corrected chi connectivity index (χ2v) is 5.41. The second-order valence-electron chi connectivity index (χ2n) is 3.25. The van der Waals surface area contributed by atoms with Gasteiger partial charge in [0, 0.05) is 6.54 Å². The molecule has 1 aliphatic rings. The van der Waals surface area contributed by atoms with Crippen molar-refractivity contribution in [1.29, 1.82) is 0 Å². The molecule has 2 N–H and O–H groups in total. The van der Waals surface area contributed by atoms with Gasteiger partial charge in [0.1, 0.15) is 0 Å². The number of nitrogens with two attached hydrogens (primary N) is 1. The summed E-state index contributed by atoms with van der Waals surface area (Å²) in [6.45, 7) is 2.39. The fraction of sp³-hybridized carbons (Fsp3) is 0.857. The first kappa shape index (κ1) is 13.2. The molecule has 6 heteroatoms. The molecule has 0 amide bonds. The van der Waals surface area contributed by atoms with Crippen LogP contribution in [0, 0.1) is 5.92 Å². The highest BCUT2D eigenvalue weighted by Crippen LogP contribution is 2.21. The van der Waals surface area contributed by atoms with Crippen LogP contribution in [-0.2, 0) is 9.84 Å². The van der Waals surface area contributed by atoms with E-state index in [-0.39, 0.29) is 24.0 Å². The number of rotatable bonds is 3. The largest absolute Gasteiger partial charge is 0.388 e. The third kappa shape index (κ3) is 4.80. The van der Waals surface area contributed by atoms with Crippen molar-refractivity contribution in [2.75, 3.05) is 18.1 Å². The number of nitrogens with zero attached hydrogens (tertiary/aromatic N) is 1. The summed E-state index contributed by atoms with van der Waals surface area (Å²) in [6.07, 6.45) is 0.841. The molecule has 0 aromatic carbocycles. The Balaban J connectivity index is 0.00000144. The standard InChI is InChI=1S/C7H14N2O2S.HI/c1-6(8)9-3-2-7-4-12(10,11)5-7;/h7H,2-5H2,1H3,(H2,8,9);1H. The molecule has 0 aliphatic carbocycles. The van der Waals surface area contributed by atoms with Gasteiger partial charge in [0.2, 0.25) is 0 Å². The van der Waals surface area contributed by atoms with Gasteiger partial charge in [0.05, 0.1) is 17.3 Å². The normalized spacial score (nSPS) is 21.8. The number of amidine groups is 1. The summed E-state index contributed by atoms with van der Waals surface area (Å²) >= 11 is 0. The van der Waals surface area contributed by atoms with Gasteiger partial charge in [-0.3, -0.25) is 4.99 Å². The van der Waals surface area contributed by atoms with Gasteiger partial charge in [-0.15, -0.1) is 24.0 Å². The molecular weight excluding hydrogens is 303 g/mol. The minimum atomic E-state index is -2.66. The SMILES string of the molecule is CC(N)=NCCC1CS(=O)(=O)C1.I. The van der Waals surface area contributed by atoms with Crippen LogP contribution >= 0.6 is 24.0 Å². The average molecular weight is 318 g/mol. The van der Waals surface area contributed by atoms with E-state index in [0.29, 0.717) is 29.8 Å². The predicted molar refractivity (Wildman–Crippen MR) is 64.3 cm³/mol. The van der Waals surface area contributed by atoms with E-state index < -0.39 is 9.84 Å². The number of sulfone groups is 1. The van der Waals surface area contributed by atoms with Crippen LogP contribution in [0.3, 0.4) is 0 Å². The summed E-state index contributed by atoms with van der Waals surface area (Å²) in [5.74, 6) is 1.56. The molecule has 0 bridgehead atoms. The van der Waals surface area contributed by atoms with Crippen LogP contribution in [0.1, 0.15) is 13.3 Å². The smallest absolute Gasteiger partial charge is 0.150 e. The van der Waals surface area contributed by atoms with Crippen molar-refractivity contribution in [1.82, 2.24) is 0 Å². The molecule has 1 saturated heterocycles. The summed E-state index contributed by atoms with van der Waals surface area (Å²) in [5, 5.41) is 0. The zero-order valence-corrected chi connectivity index (χ0v) is 10.7. The van der Waals surface area contributed by atoms with Gasteiger partial charge in [0.15, 0.2) is 9.84 Å². The summed E-state index contributed by atoms with van der Waals surface area (Å²) in [6, 6.07) is 0. The maximum Gasteiger partial charge on any atom is 0.150 e. The van der Waals surface area contributed by atoms with Gasteiger partial charge >= 0.3 is 0 Å². The van der Waals surface area contributed by atoms with Crippen LogP contribution in [0.25, 0.3) is 0 Å². The molecule has 0 saturated carbocycles. The molecule has 0 aromatic heterocycles. The maximum atomic E-state index is 10.7. The van der Waals surface area contributed by atoms with Gasteiger partial charge in [-0.2, -0.15) is 0 Å². The first-order chi connectivity index (χ1) is 5.49. The Labute approximate surface area is 95.9 Å². The molecule has 1 aliphatic heterocycles. The molecular formula is C7H15IN2O2S. The molecule has 0 unspecified atom stereocenters. The molecule has 0 aromatic rings. The molecule has 0 spiro atoms. The fourth-order valence-electron chi connectivity index (χ4n) is 1.26. The zero-order chi connectivity index (χ0) is 9.19. The second kappa shape index (κ2) is 5.14. The van der Waals surface area contributed by atoms with Crippen LogP contribution in [0.15, 0.2) is 4.99 Å². The van der Waals surface area contributed by atoms with E-state index in [1.54, 1.807) is 6.92 Å². The van der Waals surface area contributed by atoms with Crippen LogP contribution in [-0.4, -0.2) is 32.3 Å². The van der Waals surface area contributed by atoms with Crippen LogP contribution in [0.4, 0.5) is 0 Å². The van der Waals surface area contributed by atoms with Gasteiger partial charge < -0.3 is 5.73 Å². The lowest BCUT2D eigenvalue weighted by Crippen LogP contribution is -2.36. The minimum absolute atomic E-state index is 0. The van der Waals surface area contributed by atoms with E-state index in [0.717, 1.165) is 6.42 Å². The summed E-state index contributed by atoms with van der Waals surface area (Å²) < 4.78 is 21.5. The fourth-order valence-corrected chi connectivity index (χ4v) is 2.93. The molecule has 0 radical (unpaired) electrons. The van der Waals surface area contributed by atoms with Crippen LogP contribution in [0.2, 0.25) is 0 Å². The molecule has 13 heavy (non-hydrogen) atoms. The van der Waals surface area contributed by atoms with Crippen molar-refractivity contribution in [3.63, 3.8) is 0 Å². The third-order valence-corrected chi connectivity index (χ3v) is 3.84. The van der Waals surface area contributed by atoms with E-state index in [1.165, 1.54) is 0 Å². The van der Waals surface area contributed by atoms with Crippen molar-refractivity contribution in [2.24, 2.45) is 16.6 Å². The van der Waals surface area contributed by atoms with E-state index in [9.17, 15) is 8.42 Å². The summed E-state index contributed by atoms with van der Waals surface area (Å²) in [5.41, 5.74) is 5.32. The van der Waals surface area contributed by atoms with E-state index in [2.05, 4.69) is 4.99 Å². The molecule has 78 valence electrons. The maximum absolute atomic E-state index is 10.7. The first-order valence-corrected chi connectivity index (χ1v) is 5.79. The molecule has 1 fully saturated rings. The predicted octanol–water partition coefficient (Wildman–Crippen LogP) is 0.416. The molecule has 0 atom stereocenters. The Kier molecular flexibility index (Phi) is 5.19. The number of aliphatic imine (C=N–C) groups is 1. The van der Waals surface area contributed by atoms with Crippen molar-refractivity contribution in [3.05, 3.63) is 0 Å². The number of hydrogen-bond donors (Lipinski definition) is 1. The minimum Gasteiger partial charge on any atom is -0.388 e. The van der Waals surface area contributed by atoms with Crippen molar-refractivity contribution >= 4 is 39.6 Å². The quantitative estimate of drug-likeness (QED) is 0.466. The average Bonchev–Trinajstić information content (AvgIpc) is 1.82. The van der Waals surface area contributed by atoms with Gasteiger partial charge in [-0.05, 0) is 19.3 Å². The summed E-state index contributed by atoms with van der Waals surface area (Å²) in [7, 11) is -2.66. The zero-order valence-electron chi connectivity index (χ0n) is 7.56. The van der Waals surface area contributed by atoms with Crippen molar-refractivity contribution in [2.45, 2.75) is 13.3 Å². The third-order valence-electron chi connectivity index (χ3n) is 1.88. The molecule has 4 nitrogen and oxygen atoms in total. The Hall–Kier alpha value is 0.150. The Morgan fingerprint density at radius 1 is 1.54 bits per heavy atom. The Morgan fingerprint density at radius 2 is 2.08 bits per heavy atom. The highest BCUT2D eigenvalue weighted by molar-refractivity contribution is 14.0. The number of hydrogen-bond acceptors (Lipinski definition) is 3. The molecule has 1 rings (SSSR count).